The molecule has 0 aliphatic carbocycles. The summed E-state index contributed by atoms with van der Waals surface area (Å²) in [6.45, 7) is 8.11. The number of guanidine groups is 1. The molecule has 0 radical (unpaired) electrons. The molecule has 0 aliphatic heterocycles. The molecule has 1 aromatic heterocycles. The van der Waals surface area contributed by atoms with Crippen molar-refractivity contribution in [3.8, 4) is 11.6 Å². The SMILES string of the molecule is CCNC(=NCc1ccc(OC)nc1)NCC(C)Oc1ccccc1C. The maximum absolute atomic E-state index is 5.99. The van der Waals surface area contributed by atoms with Crippen molar-refractivity contribution < 1.29 is 9.47 Å². The first-order valence-corrected chi connectivity index (χ1v) is 8.85. The number of para-hydroxylation sites is 1. The van der Waals surface area contributed by atoms with Gasteiger partial charge in [-0.3, -0.25) is 0 Å². The number of pyridine rings is 1. The summed E-state index contributed by atoms with van der Waals surface area (Å²) >= 11 is 0. The summed E-state index contributed by atoms with van der Waals surface area (Å²) in [5.74, 6) is 2.27. The molecule has 1 aromatic carbocycles. The molecule has 0 bridgehead atoms. The van der Waals surface area contributed by atoms with Crippen molar-refractivity contribution in [2.75, 3.05) is 20.2 Å². The highest BCUT2D eigenvalue weighted by molar-refractivity contribution is 5.79. The Bertz CT molecular complexity index is 701. The summed E-state index contributed by atoms with van der Waals surface area (Å²) in [6.07, 6.45) is 1.79. The maximum atomic E-state index is 5.99. The van der Waals surface area contributed by atoms with Gasteiger partial charge in [0.25, 0.3) is 0 Å². The number of aromatic nitrogens is 1. The summed E-state index contributed by atoms with van der Waals surface area (Å²) in [5.41, 5.74) is 2.15. The zero-order valence-corrected chi connectivity index (χ0v) is 16.0. The second-order valence-corrected chi connectivity index (χ2v) is 5.98. The Hall–Kier alpha value is -2.76. The second kappa shape index (κ2) is 10.3. The first kappa shape index (κ1) is 19.6. The third kappa shape index (κ3) is 6.27. The Morgan fingerprint density at radius 1 is 1.19 bits per heavy atom. The predicted octanol–water partition coefficient (Wildman–Crippen LogP) is 2.92. The van der Waals surface area contributed by atoms with Crippen molar-refractivity contribution in [2.45, 2.75) is 33.4 Å². The molecule has 2 aromatic rings. The number of aliphatic imine (C=N–C) groups is 1. The number of nitrogens with one attached hydrogen (secondary N) is 2. The minimum absolute atomic E-state index is 0.0163. The van der Waals surface area contributed by atoms with Crippen LogP contribution in [0, 0.1) is 6.92 Å². The Kier molecular flexibility index (Phi) is 7.74. The molecular weight excluding hydrogens is 328 g/mol. The van der Waals surface area contributed by atoms with Crippen LogP contribution >= 0.6 is 0 Å². The van der Waals surface area contributed by atoms with E-state index >= 15 is 0 Å². The highest BCUT2D eigenvalue weighted by Crippen LogP contribution is 2.17. The molecule has 140 valence electrons. The van der Waals surface area contributed by atoms with Gasteiger partial charge in [-0.15, -0.1) is 0 Å². The average Bonchev–Trinajstić information content (AvgIpc) is 2.66. The summed E-state index contributed by atoms with van der Waals surface area (Å²) in [7, 11) is 1.60. The number of hydrogen-bond acceptors (Lipinski definition) is 4. The molecule has 0 spiro atoms. The van der Waals surface area contributed by atoms with Gasteiger partial charge in [-0.05, 0) is 38.0 Å². The lowest BCUT2D eigenvalue weighted by Gasteiger charge is -2.18. The second-order valence-electron chi connectivity index (χ2n) is 5.98. The van der Waals surface area contributed by atoms with Crippen LogP contribution in [0.15, 0.2) is 47.6 Å². The van der Waals surface area contributed by atoms with Crippen LogP contribution in [0.4, 0.5) is 0 Å². The smallest absolute Gasteiger partial charge is 0.212 e. The van der Waals surface area contributed by atoms with E-state index < -0.39 is 0 Å². The highest BCUT2D eigenvalue weighted by Gasteiger charge is 2.07. The zero-order valence-electron chi connectivity index (χ0n) is 16.0. The zero-order chi connectivity index (χ0) is 18.8. The normalized spacial score (nSPS) is 12.4. The van der Waals surface area contributed by atoms with E-state index in [1.807, 2.05) is 57.2 Å². The monoisotopic (exact) mass is 356 g/mol. The number of hydrogen-bond donors (Lipinski definition) is 2. The third-order valence-electron chi connectivity index (χ3n) is 3.75. The Labute approximate surface area is 155 Å². The van der Waals surface area contributed by atoms with Crippen molar-refractivity contribution in [1.82, 2.24) is 15.6 Å². The molecule has 0 fully saturated rings. The fourth-order valence-electron chi connectivity index (χ4n) is 2.32. The molecule has 26 heavy (non-hydrogen) atoms. The molecule has 2 rings (SSSR count). The van der Waals surface area contributed by atoms with Crippen LogP contribution in [0.1, 0.15) is 25.0 Å². The summed E-state index contributed by atoms with van der Waals surface area (Å²) in [4.78, 5) is 8.79. The van der Waals surface area contributed by atoms with Gasteiger partial charge in [-0.2, -0.15) is 0 Å². The standard InChI is InChI=1S/C20H28N4O2/c1-5-21-20(24-14-17-10-11-19(25-4)22-13-17)23-12-16(3)26-18-9-7-6-8-15(18)2/h6-11,13,16H,5,12,14H2,1-4H3,(H2,21,23,24). The minimum atomic E-state index is 0.0163. The van der Waals surface area contributed by atoms with Crippen molar-refractivity contribution in [2.24, 2.45) is 4.99 Å². The van der Waals surface area contributed by atoms with Gasteiger partial charge in [-0.1, -0.05) is 24.3 Å². The van der Waals surface area contributed by atoms with Gasteiger partial charge in [0.1, 0.15) is 11.9 Å². The number of aryl methyl sites for hydroxylation is 1. The van der Waals surface area contributed by atoms with E-state index in [1.54, 1.807) is 13.3 Å². The molecule has 0 aliphatic rings. The lowest BCUT2D eigenvalue weighted by atomic mass is 10.2. The molecule has 0 amide bonds. The van der Waals surface area contributed by atoms with Crippen LogP contribution in [0.3, 0.4) is 0 Å². The van der Waals surface area contributed by atoms with Gasteiger partial charge in [0.05, 0.1) is 20.2 Å². The molecule has 1 heterocycles. The minimum Gasteiger partial charge on any atom is -0.489 e. The topological polar surface area (TPSA) is 67.8 Å². The lowest BCUT2D eigenvalue weighted by Crippen LogP contribution is -2.41. The molecule has 6 heteroatoms. The number of rotatable bonds is 8. The molecule has 1 atom stereocenters. The first-order chi connectivity index (χ1) is 12.6. The van der Waals surface area contributed by atoms with E-state index in [0.717, 1.165) is 29.4 Å². The van der Waals surface area contributed by atoms with E-state index in [1.165, 1.54) is 0 Å². The van der Waals surface area contributed by atoms with E-state index in [0.29, 0.717) is 19.0 Å². The summed E-state index contributed by atoms with van der Waals surface area (Å²) < 4.78 is 11.1. The van der Waals surface area contributed by atoms with Crippen molar-refractivity contribution in [3.05, 3.63) is 53.7 Å². The highest BCUT2D eigenvalue weighted by atomic mass is 16.5. The predicted molar refractivity (Wildman–Crippen MR) is 105 cm³/mol. The molecule has 2 N–H and O–H groups in total. The Morgan fingerprint density at radius 3 is 2.65 bits per heavy atom. The molecule has 1 unspecified atom stereocenters. The van der Waals surface area contributed by atoms with Gasteiger partial charge in [-0.25, -0.2) is 9.98 Å². The Morgan fingerprint density at radius 2 is 2.00 bits per heavy atom. The van der Waals surface area contributed by atoms with Crippen molar-refractivity contribution in [1.29, 1.82) is 0 Å². The van der Waals surface area contributed by atoms with Gasteiger partial charge in [0.15, 0.2) is 5.96 Å². The van der Waals surface area contributed by atoms with Crippen LogP contribution in [-0.2, 0) is 6.54 Å². The van der Waals surface area contributed by atoms with Crippen LogP contribution in [-0.4, -0.2) is 37.2 Å². The quantitative estimate of drug-likeness (QED) is 0.562. The number of methoxy groups -OCH3 is 1. The molecule has 6 nitrogen and oxygen atoms in total. The number of benzene rings is 1. The molecule has 0 saturated carbocycles. The van der Waals surface area contributed by atoms with Crippen LogP contribution < -0.4 is 20.1 Å². The number of nitrogens with zero attached hydrogens (tertiary/aromatic N) is 2. The van der Waals surface area contributed by atoms with Gasteiger partial charge < -0.3 is 20.1 Å². The van der Waals surface area contributed by atoms with Crippen molar-refractivity contribution in [3.63, 3.8) is 0 Å². The fourth-order valence-corrected chi connectivity index (χ4v) is 2.32. The van der Waals surface area contributed by atoms with E-state index in [9.17, 15) is 0 Å². The van der Waals surface area contributed by atoms with Gasteiger partial charge in [0, 0.05) is 18.8 Å². The Balaban J connectivity index is 1.88. The van der Waals surface area contributed by atoms with E-state index in [2.05, 4.69) is 20.6 Å². The lowest BCUT2D eigenvalue weighted by molar-refractivity contribution is 0.222. The largest absolute Gasteiger partial charge is 0.489 e. The average molecular weight is 356 g/mol. The van der Waals surface area contributed by atoms with E-state index in [-0.39, 0.29) is 6.10 Å². The van der Waals surface area contributed by atoms with Crippen molar-refractivity contribution >= 4 is 5.96 Å². The fraction of sp³-hybridized carbons (Fsp3) is 0.400. The van der Waals surface area contributed by atoms with E-state index in [4.69, 9.17) is 9.47 Å². The van der Waals surface area contributed by atoms with Gasteiger partial charge >= 0.3 is 0 Å². The summed E-state index contributed by atoms with van der Waals surface area (Å²) in [6, 6.07) is 11.8. The summed E-state index contributed by atoms with van der Waals surface area (Å²) in [5, 5.41) is 6.57. The van der Waals surface area contributed by atoms with Crippen LogP contribution in [0.25, 0.3) is 0 Å². The number of ether oxygens (including phenoxy) is 2. The molecule has 0 saturated heterocycles. The van der Waals surface area contributed by atoms with Gasteiger partial charge in [0.2, 0.25) is 5.88 Å². The van der Waals surface area contributed by atoms with Crippen LogP contribution in [0.2, 0.25) is 0 Å². The molecular formula is C20H28N4O2. The van der Waals surface area contributed by atoms with Crippen LogP contribution in [0.5, 0.6) is 11.6 Å². The third-order valence-corrected chi connectivity index (χ3v) is 3.75. The first-order valence-electron chi connectivity index (χ1n) is 8.85. The maximum Gasteiger partial charge on any atom is 0.212 e.